The van der Waals surface area contributed by atoms with Gasteiger partial charge in [-0.25, -0.2) is 5.01 Å². The lowest BCUT2D eigenvalue weighted by Gasteiger charge is -2.31. The Balaban J connectivity index is 1.55. The van der Waals surface area contributed by atoms with Crippen molar-refractivity contribution < 1.29 is 19.3 Å². The molecule has 2 aromatic rings. The van der Waals surface area contributed by atoms with Crippen LogP contribution in [0.25, 0.3) is 0 Å². The van der Waals surface area contributed by atoms with Gasteiger partial charge >= 0.3 is 0 Å². The second kappa shape index (κ2) is 7.97. The molecule has 4 atom stereocenters. The standard InChI is InChI=1S/C23H17Cl2N3O5/c24-16-7-6-15(18(25)10-16)11-26(21(29)14-2-1-3-17(9-14)28(32)33)27-22(30)19-12-4-5-13(8-12)20(19)23(27)31/h1-7,9-10,12-13,19-20H,8,11H2/t12-,13-,19-,20-/m0/s1. The zero-order chi connectivity index (χ0) is 23.4. The second-order valence-corrected chi connectivity index (χ2v) is 9.24. The van der Waals surface area contributed by atoms with E-state index >= 15 is 0 Å². The van der Waals surface area contributed by atoms with Gasteiger partial charge in [0.2, 0.25) is 0 Å². The SMILES string of the molecule is O=C(c1cccc([N+](=O)[O-])c1)N(Cc1ccc(Cl)cc1Cl)N1C(=O)[C@@H]2[C@@H](C1=O)[C@H]1C=C[C@H]2C1. The number of nitro benzene ring substituents is 1. The number of halogens is 2. The molecule has 1 saturated heterocycles. The van der Waals surface area contributed by atoms with Crippen LogP contribution in [0, 0.1) is 33.8 Å². The van der Waals surface area contributed by atoms with Crippen molar-refractivity contribution in [2.45, 2.75) is 13.0 Å². The topological polar surface area (TPSA) is 101 Å². The molecule has 10 heteroatoms. The zero-order valence-electron chi connectivity index (χ0n) is 17.1. The van der Waals surface area contributed by atoms with Crippen LogP contribution < -0.4 is 0 Å². The fourth-order valence-electron chi connectivity index (χ4n) is 5.07. The normalized spacial score (nSPS) is 25.0. The Morgan fingerprint density at radius 1 is 1.06 bits per heavy atom. The van der Waals surface area contributed by atoms with Crippen molar-refractivity contribution in [3.8, 4) is 0 Å². The lowest BCUT2D eigenvalue weighted by Crippen LogP contribution is -2.50. The van der Waals surface area contributed by atoms with Gasteiger partial charge in [-0.05, 0) is 42.0 Å². The molecular formula is C23H17Cl2N3O5. The monoisotopic (exact) mass is 485 g/mol. The molecule has 2 aliphatic carbocycles. The number of amides is 3. The van der Waals surface area contributed by atoms with Gasteiger partial charge in [-0.3, -0.25) is 24.5 Å². The summed E-state index contributed by atoms with van der Waals surface area (Å²) in [5.74, 6) is -2.67. The minimum atomic E-state index is -0.716. The first kappa shape index (κ1) is 21.6. The number of carbonyl (C=O) groups is 3. The number of nitrogens with zero attached hydrogens (tertiary/aromatic N) is 3. The number of non-ortho nitro benzene ring substituents is 1. The molecule has 8 nitrogen and oxygen atoms in total. The summed E-state index contributed by atoms with van der Waals surface area (Å²) in [6.45, 7) is -0.183. The fraction of sp³-hybridized carbons (Fsp3) is 0.261. The largest absolute Gasteiger partial charge is 0.273 e. The average Bonchev–Trinajstić information content (AvgIpc) is 3.47. The van der Waals surface area contributed by atoms with Crippen LogP contribution in [0.3, 0.4) is 0 Å². The first-order valence-corrected chi connectivity index (χ1v) is 11.1. The van der Waals surface area contributed by atoms with Gasteiger partial charge in [0.1, 0.15) is 0 Å². The van der Waals surface area contributed by atoms with Crippen LogP contribution in [0.4, 0.5) is 5.69 Å². The average molecular weight is 486 g/mol. The van der Waals surface area contributed by atoms with Crippen molar-refractivity contribution in [3.05, 3.63) is 85.9 Å². The van der Waals surface area contributed by atoms with E-state index in [1.54, 1.807) is 12.1 Å². The fourth-order valence-corrected chi connectivity index (χ4v) is 5.54. The Hall–Kier alpha value is -3.23. The molecule has 0 radical (unpaired) electrons. The van der Waals surface area contributed by atoms with Gasteiger partial charge in [-0.2, -0.15) is 5.01 Å². The molecule has 3 aliphatic rings. The molecule has 1 aliphatic heterocycles. The molecule has 2 fully saturated rings. The molecule has 0 spiro atoms. The van der Waals surface area contributed by atoms with Crippen molar-refractivity contribution >= 4 is 46.6 Å². The number of hydrogen-bond donors (Lipinski definition) is 0. The molecule has 168 valence electrons. The van der Waals surface area contributed by atoms with Gasteiger partial charge in [-0.1, -0.05) is 47.5 Å². The molecule has 2 aromatic carbocycles. The third-order valence-electron chi connectivity index (χ3n) is 6.56. The third kappa shape index (κ3) is 3.50. The maximum absolute atomic E-state index is 13.6. The number of allylic oxidation sites excluding steroid dienone is 2. The van der Waals surface area contributed by atoms with E-state index in [0.29, 0.717) is 10.6 Å². The molecule has 33 heavy (non-hydrogen) atoms. The molecule has 1 heterocycles. The molecule has 5 rings (SSSR count). The van der Waals surface area contributed by atoms with Gasteiger partial charge in [0.05, 0.1) is 23.3 Å². The highest BCUT2D eigenvalue weighted by Gasteiger charge is 2.61. The smallest absolute Gasteiger partial charge is 0.272 e. The number of benzene rings is 2. The highest BCUT2D eigenvalue weighted by molar-refractivity contribution is 6.35. The first-order chi connectivity index (χ1) is 15.8. The van der Waals surface area contributed by atoms with Gasteiger partial charge in [0.25, 0.3) is 23.4 Å². The third-order valence-corrected chi connectivity index (χ3v) is 7.15. The Morgan fingerprint density at radius 3 is 2.33 bits per heavy atom. The summed E-state index contributed by atoms with van der Waals surface area (Å²) in [6.07, 6.45) is 4.68. The quantitative estimate of drug-likeness (QED) is 0.272. The molecule has 3 amide bonds. The van der Waals surface area contributed by atoms with Crippen LogP contribution in [0.5, 0.6) is 0 Å². The van der Waals surface area contributed by atoms with Gasteiger partial charge in [0, 0.05) is 27.7 Å². The summed E-state index contributed by atoms with van der Waals surface area (Å²) in [5, 5.41) is 13.8. The Bertz CT molecular complexity index is 1220. The Morgan fingerprint density at radius 2 is 1.73 bits per heavy atom. The number of carbonyl (C=O) groups excluding carboxylic acids is 3. The minimum Gasteiger partial charge on any atom is -0.272 e. The van der Waals surface area contributed by atoms with Gasteiger partial charge in [-0.15, -0.1) is 0 Å². The van der Waals surface area contributed by atoms with E-state index < -0.39 is 34.5 Å². The number of imide groups is 1. The molecular weight excluding hydrogens is 469 g/mol. The molecule has 0 unspecified atom stereocenters. The predicted molar refractivity (Wildman–Crippen MR) is 119 cm³/mol. The number of hydrazine groups is 1. The lowest BCUT2D eigenvalue weighted by molar-refractivity contribution is -0.384. The highest BCUT2D eigenvalue weighted by Crippen LogP contribution is 2.53. The van der Waals surface area contributed by atoms with Crippen LogP contribution in [-0.2, 0) is 16.1 Å². The van der Waals surface area contributed by atoms with E-state index in [9.17, 15) is 24.5 Å². The summed E-state index contributed by atoms with van der Waals surface area (Å²) in [7, 11) is 0. The summed E-state index contributed by atoms with van der Waals surface area (Å²) in [5.41, 5.74) is 0.176. The number of rotatable bonds is 5. The summed E-state index contributed by atoms with van der Waals surface area (Å²) in [4.78, 5) is 50.9. The van der Waals surface area contributed by atoms with Crippen molar-refractivity contribution in [2.24, 2.45) is 23.7 Å². The van der Waals surface area contributed by atoms with E-state index in [2.05, 4.69) is 0 Å². The van der Waals surface area contributed by atoms with E-state index in [1.807, 2.05) is 12.2 Å². The highest BCUT2D eigenvalue weighted by atomic mass is 35.5. The number of nitro groups is 1. The van der Waals surface area contributed by atoms with Crippen LogP contribution >= 0.6 is 23.2 Å². The predicted octanol–water partition coefficient (Wildman–Crippen LogP) is 4.27. The maximum Gasteiger partial charge on any atom is 0.273 e. The van der Waals surface area contributed by atoms with Crippen LogP contribution in [0.15, 0.2) is 54.6 Å². The zero-order valence-corrected chi connectivity index (χ0v) is 18.6. The Labute approximate surface area is 198 Å². The van der Waals surface area contributed by atoms with Crippen molar-refractivity contribution in [3.63, 3.8) is 0 Å². The van der Waals surface area contributed by atoms with Crippen LogP contribution in [-0.4, -0.2) is 32.7 Å². The van der Waals surface area contributed by atoms with E-state index in [4.69, 9.17) is 23.2 Å². The van der Waals surface area contributed by atoms with E-state index in [-0.39, 0.29) is 34.7 Å². The first-order valence-electron chi connectivity index (χ1n) is 10.3. The lowest BCUT2D eigenvalue weighted by atomic mass is 9.85. The van der Waals surface area contributed by atoms with Gasteiger partial charge in [0.15, 0.2) is 0 Å². The Kier molecular flexibility index (Phi) is 5.22. The molecule has 0 N–H and O–H groups in total. The van der Waals surface area contributed by atoms with Crippen LogP contribution in [0.2, 0.25) is 10.0 Å². The number of hydrogen-bond acceptors (Lipinski definition) is 5. The van der Waals surface area contributed by atoms with Crippen LogP contribution in [0.1, 0.15) is 22.3 Å². The maximum atomic E-state index is 13.6. The summed E-state index contributed by atoms with van der Waals surface area (Å²) in [6, 6.07) is 9.86. The van der Waals surface area contributed by atoms with Crippen molar-refractivity contribution in [1.29, 1.82) is 0 Å². The molecule has 2 bridgehead atoms. The summed E-state index contributed by atoms with van der Waals surface area (Å²) >= 11 is 12.3. The second-order valence-electron chi connectivity index (χ2n) is 8.39. The van der Waals surface area contributed by atoms with Crippen molar-refractivity contribution in [2.75, 3.05) is 0 Å². The van der Waals surface area contributed by atoms with E-state index in [1.165, 1.54) is 24.3 Å². The molecule has 0 aromatic heterocycles. The van der Waals surface area contributed by atoms with Gasteiger partial charge < -0.3 is 0 Å². The van der Waals surface area contributed by atoms with E-state index in [0.717, 1.165) is 22.5 Å². The molecule has 1 saturated carbocycles. The number of fused-ring (bicyclic) bond motifs is 5. The minimum absolute atomic E-state index is 0.0203. The summed E-state index contributed by atoms with van der Waals surface area (Å²) < 4.78 is 0. The van der Waals surface area contributed by atoms with Crippen molar-refractivity contribution in [1.82, 2.24) is 10.0 Å².